The van der Waals surface area contributed by atoms with E-state index in [0.717, 1.165) is 5.92 Å². The van der Waals surface area contributed by atoms with E-state index in [1.165, 1.54) is 64.6 Å². The summed E-state index contributed by atoms with van der Waals surface area (Å²) in [4.78, 5) is 2.67. The van der Waals surface area contributed by atoms with Gasteiger partial charge >= 0.3 is 0 Å². The molecule has 1 aliphatic heterocycles. The third kappa shape index (κ3) is 3.71. The van der Waals surface area contributed by atoms with Gasteiger partial charge in [0.05, 0.1) is 0 Å². The maximum atomic E-state index is 6.33. The van der Waals surface area contributed by atoms with Crippen molar-refractivity contribution in [1.29, 1.82) is 0 Å². The Bertz CT molecular complexity index is 263. The molecule has 0 spiro atoms. The largest absolute Gasteiger partial charge is 0.325 e. The van der Waals surface area contributed by atoms with Gasteiger partial charge < -0.3 is 10.6 Å². The Balaban J connectivity index is 1.75. The van der Waals surface area contributed by atoms with Crippen LogP contribution in [0.3, 0.4) is 0 Å². The van der Waals surface area contributed by atoms with Crippen molar-refractivity contribution in [1.82, 2.24) is 4.90 Å². The molecule has 1 saturated carbocycles. The van der Waals surface area contributed by atoms with Crippen molar-refractivity contribution in [3.05, 3.63) is 0 Å². The number of nitrogens with two attached hydrogens (primary N) is 1. The first-order valence-corrected chi connectivity index (χ1v) is 7.90. The molecule has 1 unspecified atom stereocenters. The lowest BCUT2D eigenvalue weighted by atomic mass is 9.75. The molecule has 0 aromatic carbocycles. The van der Waals surface area contributed by atoms with Gasteiger partial charge in [-0.1, -0.05) is 20.8 Å². The molecule has 2 heteroatoms. The molecule has 106 valence electrons. The molecule has 0 aromatic heterocycles. The summed E-state index contributed by atoms with van der Waals surface area (Å²) in [5.74, 6) is 0.901. The van der Waals surface area contributed by atoms with Crippen molar-refractivity contribution in [2.75, 3.05) is 19.6 Å². The summed E-state index contributed by atoms with van der Waals surface area (Å²) in [6.45, 7) is 11.0. The molecule has 18 heavy (non-hydrogen) atoms. The number of rotatable bonds is 3. The number of hydrogen-bond donors (Lipinski definition) is 1. The average Bonchev–Trinajstić information content (AvgIpc) is 2.48. The van der Waals surface area contributed by atoms with E-state index >= 15 is 0 Å². The van der Waals surface area contributed by atoms with E-state index in [2.05, 4.69) is 25.7 Å². The molecular formula is C16H32N2. The van der Waals surface area contributed by atoms with Crippen LogP contribution in [-0.2, 0) is 0 Å². The average molecular weight is 252 g/mol. The third-order valence-corrected chi connectivity index (χ3v) is 5.32. The lowest BCUT2D eigenvalue weighted by Crippen LogP contribution is -2.48. The topological polar surface area (TPSA) is 29.3 Å². The molecule has 2 fully saturated rings. The second kappa shape index (κ2) is 5.50. The number of nitrogens with zero attached hydrogens (tertiary/aromatic N) is 1. The normalized spacial score (nSPS) is 29.7. The predicted molar refractivity (Wildman–Crippen MR) is 78.6 cm³/mol. The summed E-state index contributed by atoms with van der Waals surface area (Å²) in [5, 5.41) is 0. The van der Waals surface area contributed by atoms with Crippen LogP contribution in [0.1, 0.15) is 65.7 Å². The Kier molecular flexibility index (Phi) is 4.38. The van der Waals surface area contributed by atoms with Crippen molar-refractivity contribution in [3.8, 4) is 0 Å². The lowest BCUT2D eigenvalue weighted by Gasteiger charge is -2.39. The van der Waals surface area contributed by atoms with E-state index < -0.39 is 0 Å². The first-order valence-electron chi connectivity index (χ1n) is 7.90. The second-order valence-corrected chi connectivity index (χ2v) is 7.80. The van der Waals surface area contributed by atoms with Gasteiger partial charge in [-0.15, -0.1) is 0 Å². The van der Waals surface area contributed by atoms with Gasteiger partial charge in [-0.2, -0.15) is 0 Å². The van der Waals surface area contributed by atoms with Gasteiger partial charge in [-0.25, -0.2) is 0 Å². The Hall–Kier alpha value is -0.0800. The highest BCUT2D eigenvalue weighted by molar-refractivity contribution is 4.93. The maximum Gasteiger partial charge on any atom is 0.0166 e. The summed E-state index contributed by atoms with van der Waals surface area (Å²) < 4.78 is 0. The monoisotopic (exact) mass is 252 g/mol. The van der Waals surface area contributed by atoms with Crippen LogP contribution in [0.4, 0.5) is 0 Å². The summed E-state index contributed by atoms with van der Waals surface area (Å²) in [6, 6.07) is 0. The number of likely N-dealkylation sites (tertiary alicyclic amines) is 1. The lowest BCUT2D eigenvalue weighted by molar-refractivity contribution is 0.175. The molecule has 2 nitrogen and oxygen atoms in total. The van der Waals surface area contributed by atoms with E-state index in [1.54, 1.807) is 0 Å². The summed E-state index contributed by atoms with van der Waals surface area (Å²) >= 11 is 0. The minimum Gasteiger partial charge on any atom is -0.325 e. The summed E-state index contributed by atoms with van der Waals surface area (Å²) in [6.07, 6.45) is 9.24. The SMILES string of the molecule is CC(C)(C)C1CCCN(CCC2(N)CCC2)CC1. The molecule has 2 rings (SSSR count). The first kappa shape index (κ1) is 14.3. The minimum atomic E-state index is 0.204. The predicted octanol–water partition coefficient (Wildman–Crippen LogP) is 3.41. The zero-order valence-electron chi connectivity index (χ0n) is 12.7. The number of hydrogen-bond acceptors (Lipinski definition) is 2. The van der Waals surface area contributed by atoms with E-state index in [4.69, 9.17) is 5.73 Å². The van der Waals surface area contributed by atoms with Crippen LogP contribution >= 0.6 is 0 Å². The van der Waals surface area contributed by atoms with Crippen LogP contribution in [0.2, 0.25) is 0 Å². The van der Waals surface area contributed by atoms with Crippen molar-refractivity contribution in [3.63, 3.8) is 0 Å². The van der Waals surface area contributed by atoms with Crippen LogP contribution in [0.5, 0.6) is 0 Å². The minimum absolute atomic E-state index is 0.204. The molecule has 2 aliphatic rings. The Morgan fingerprint density at radius 2 is 1.83 bits per heavy atom. The summed E-state index contributed by atoms with van der Waals surface area (Å²) in [5.41, 5.74) is 7.02. The molecule has 0 amide bonds. The van der Waals surface area contributed by atoms with E-state index in [9.17, 15) is 0 Å². The standard InChI is InChI=1S/C16H32N2/c1-15(2,3)14-6-4-11-18(12-7-14)13-10-16(17)8-5-9-16/h14H,4-13,17H2,1-3H3. The molecular weight excluding hydrogens is 220 g/mol. The smallest absolute Gasteiger partial charge is 0.0166 e. The zero-order chi connectivity index (χ0) is 13.2. The highest BCUT2D eigenvalue weighted by Gasteiger charge is 2.33. The fourth-order valence-corrected chi connectivity index (χ4v) is 3.51. The molecule has 1 aliphatic carbocycles. The van der Waals surface area contributed by atoms with Crippen molar-refractivity contribution in [2.24, 2.45) is 17.1 Å². The van der Waals surface area contributed by atoms with Crippen LogP contribution in [-0.4, -0.2) is 30.1 Å². The van der Waals surface area contributed by atoms with E-state index in [-0.39, 0.29) is 5.54 Å². The van der Waals surface area contributed by atoms with Gasteiger partial charge in [0.2, 0.25) is 0 Å². The van der Waals surface area contributed by atoms with Gasteiger partial charge in [0.1, 0.15) is 0 Å². The second-order valence-electron chi connectivity index (χ2n) is 7.80. The molecule has 1 atom stereocenters. The highest BCUT2D eigenvalue weighted by atomic mass is 15.1. The molecule has 0 bridgehead atoms. The molecule has 1 saturated heterocycles. The Morgan fingerprint density at radius 1 is 1.11 bits per heavy atom. The van der Waals surface area contributed by atoms with Gasteiger partial charge in [0.15, 0.2) is 0 Å². The fourth-order valence-electron chi connectivity index (χ4n) is 3.51. The Labute approximate surface area is 113 Å². The van der Waals surface area contributed by atoms with E-state index in [0.29, 0.717) is 5.41 Å². The molecule has 0 aromatic rings. The van der Waals surface area contributed by atoms with E-state index in [1.807, 2.05) is 0 Å². The highest BCUT2D eigenvalue weighted by Crippen LogP contribution is 2.35. The van der Waals surface area contributed by atoms with Crippen LogP contribution in [0.15, 0.2) is 0 Å². The van der Waals surface area contributed by atoms with Gasteiger partial charge in [-0.05, 0) is 75.9 Å². The summed E-state index contributed by atoms with van der Waals surface area (Å²) in [7, 11) is 0. The molecule has 0 radical (unpaired) electrons. The zero-order valence-corrected chi connectivity index (χ0v) is 12.7. The molecule has 2 N–H and O–H groups in total. The van der Waals surface area contributed by atoms with Gasteiger partial charge in [0.25, 0.3) is 0 Å². The van der Waals surface area contributed by atoms with Crippen LogP contribution in [0.25, 0.3) is 0 Å². The van der Waals surface area contributed by atoms with Gasteiger partial charge in [-0.3, -0.25) is 0 Å². The van der Waals surface area contributed by atoms with Crippen molar-refractivity contribution in [2.45, 2.75) is 71.3 Å². The fraction of sp³-hybridized carbons (Fsp3) is 1.00. The Morgan fingerprint density at radius 3 is 2.39 bits per heavy atom. The quantitative estimate of drug-likeness (QED) is 0.834. The van der Waals surface area contributed by atoms with Gasteiger partial charge in [0, 0.05) is 5.54 Å². The van der Waals surface area contributed by atoms with Crippen LogP contribution in [0, 0.1) is 11.3 Å². The van der Waals surface area contributed by atoms with Crippen molar-refractivity contribution < 1.29 is 0 Å². The van der Waals surface area contributed by atoms with Crippen LogP contribution < -0.4 is 5.73 Å². The molecule has 1 heterocycles. The first-order chi connectivity index (χ1) is 8.39. The third-order valence-electron chi connectivity index (χ3n) is 5.32. The maximum absolute atomic E-state index is 6.33. The van der Waals surface area contributed by atoms with Crippen molar-refractivity contribution >= 4 is 0 Å².